The van der Waals surface area contributed by atoms with Crippen LogP contribution in [0.2, 0.25) is 5.02 Å². The Morgan fingerprint density at radius 1 is 1.00 bits per heavy atom. The van der Waals surface area contributed by atoms with Gasteiger partial charge in [-0.2, -0.15) is 4.98 Å². The lowest BCUT2D eigenvalue weighted by molar-refractivity contribution is -0.118. The molecule has 1 aromatic heterocycles. The Morgan fingerprint density at radius 3 is 2.63 bits per heavy atom. The Kier molecular flexibility index (Phi) is 6.06. The van der Waals surface area contributed by atoms with Gasteiger partial charge in [-0.3, -0.25) is 4.79 Å². The molecule has 4 rings (SSSR count). The number of hydrogen-bond acceptors (Lipinski definition) is 5. The van der Waals surface area contributed by atoms with Crippen molar-refractivity contribution < 1.29 is 14.1 Å². The zero-order valence-electron chi connectivity index (χ0n) is 15.9. The number of halogens is 1. The number of ether oxygens (including phenoxy) is 1. The number of anilines is 1. The molecular weight excluding hydrogens is 402 g/mol. The first-order chi connectivity index (χ1) is 14.7. The first-order valence-corrected chi connectivity index (χ1v) is 9.69. The summed E-state index contributed by atoms with van der Waals surface area (Å²) in [6, 6.07) is 24.1. The minimum atomic E-state index is -0.307. The van der Waals surface area contributed by atoms with Gasteiger partial charge in [0.05, 0.1) is 17.1 Å². The number of rotatable bonds is 7. The Balaban J connectivity index is 1.38. The summed E-state index contributed by atoms with van der Waals surface area (Å²) in [6.45, 7) is -0.153. The van der Waals surface area contributed by atoms with E-state index in [4.69, 9.17) is 20.9 Å². The predicted octanol–water partition coefficient (Wildman–Crippen LogP) is 5.00. The first-order valence-electron chi connectivity index (χ1n) is 9.31. The normalized spacial score (nSPS) is 10.6. The van der Waals surface area contributed by atoms with Crippen LogP contribution in [-0.2, 0) is 11.2 Å². The van der Waals surface area contributed by atoms with Gasteiger partial charge in [-0.25, -0.2) is 0 Å². The lowest BCUT2D eigenvalue weighted by atomic mass is 10.1. The Labute approximate surface area is 178 Å². The van der Waals surface area contributed by atoms with E-state index in [0.29, 0.717) is 34.6 Å². The van der Waals surface area contributed by atoms with E-state index >= 15 is 0 Å². The zero-order chi connectivity index (χ0) is 20.8. The zero-order valence-corrected chi connectivity index (χ0v) is 16.7. The molecule has 3 aromatic carbocycles. The van der Waals surface area contributed by atoms with Gasteiger partial charge in [0.25, 0.3) is 5.91 Å². The summed E-state index contributed by atoms with van der Waals surface area (Å²) >= 11 is 6.05. The molecule has 6 nitrogen and oxygen atoms in total. The molecule has 1 heterocycles. The number of nitrogens with zero attached hydrogens (tertiary/aromatic N) is 2. The van der Waals surface area contributed by atoms with Gasteiger partial charge in [0.2, 0.25) is 11.7 Å². The van der Waals surface area contributed by atoms with Crippen molar-refractivity contribution in [3.8, 4) is 17.1 Å². The maximum Gasteiger partial charge on any atom is 0.262 e. The van der Waals surface area contributed by atoms with Crippen LogP contribution >= 0.6 is 11.6 Å². The molecule has 0 aliphatic heterocycles. The number of aromatic nitrogens is 2. The number of para-hydroxylation sites is 1. The first kappa shape index (κ1) is 19.7. The fourth-order valence-corrected chi connectivity index (χ4v) is 3.02. The molecule has 0 aliphatic rings. The smallest absolute Gasteiger partial charge is 0.262 e. The second kappa shape index (κ2) is 9.24. The third-order valence-corrected chi connectivity index (χ3v) is 4.61. The number of nitrogens with one attached hydrogen (secondary N) is 1. The molecule has 4 aromatic rings. The Bertz CT molecular complexity index is 1150. The molecule has 0 radical (unpaired) electrons. The fourth-order valence-electron chi connectivity index (χ4n) is 2.84. The van der Waals surface area contributed by atoms with Crippen molar-refractivity contribution in [2.24, 2.45) is 0 Å². The van der Waals surface area contributed by atoms with E-state index in [9.17, 15) is 4.79 Å². The molecule has 0 spiro atoms. The topological polar surface area (TPSA) is 77.2 Å². The average molecular weight is 420 g/mol. The van der Waals surface area contributed by atoms with E-state index in [-0.39, 0.29) is 12.5 Å². The molecule has 150 valence electrons. The molecule has 30 heavy (non-hydrogen) atoms. The second-order valence-electron chi connectivity index (χ2n) is 6.52. The maximum atomic E-state index is 12.1. The molecule has 1 N–H and O–H groups in total. The van der Waals surface area contributed by atoms with E-state index in [0.717, 1.165) is 11.1 Å². The number of hydrogen-bond donors (Lipinski definition) is 1. The summed E-state index contributed by atoms with van der Waals surface area (Å²) in [5.74, 6) is 1.21. The average Bonchev–Trinajstić information content (AvgIpc) is 3.23. The van der Waals surface area contributed by atoms with Gasteiger partial charge in [0.15, 0.2) is 6.61 Å². The molecule has 1 amide bonds. The highest BCUT2D eigenvalue weighted by molar-refractivity contribution is 6.33. The SMILES string of the molecule is O=C(COc1cccc(-c2noc(Cc3ccccc3)n2)c1)Nc1ccccc1Cl. The molecule has 0 aliphatic carbocycles. The number of carbonyl (C=O) groups excluding carboxylic acids is 1. The Hall–Kier alpha value is -3.64. The van der Waals surface area contributed by atoms with Crippen LogP contribution in [-0.4, -0.2) is 22.7 Å². The highest BCUT2D eigenvalue weighted by atomic mass is 35.5. The lowest BCUT2D eigenvalue weighted by Crippen LogP contribution is -2.20. The van der Waals surface area contributed by atoms with Crippen LogP contribution in [0.5, 0.6) is 5.75 Å². The highest BCUT2D eigenvalue weighted by Gasteiger charge is 2.11. The summed E-state index contributed by atoms with van der Waals surface area (Å²) in [7, 11) is 0. The molecule has 7 heteroatoms. The second-order valence-corrected chi connectivity index (χ2v) is 6.93. The van der Waals surface area contributed by atoms with Crippen molar-refractivity contribution in [1.29, 1.82) is 0 Å². The number of amides is 1. The molecule has 0 atom stereocenters. The highest BCUT2D eigenvalue weighted by Crippen LogP contribution is 2.23. The van der Waals surface area contributed by atoms with Gasteiger partial charge in [0, 0.05) is 5.56 Å². The maximum absolute atomic E-state index is 12.1. The van der Waals surface area contributed by atoms with Crippen molar-refractivity contribution in [3.63, 3.8) is 0 Å². The minimum absolute atomic E-state index is 0.153. The lowest BCUT2D eigenvalue weighted by Gasteiger charge is -2.09. The van der Waals surface area contributed by atoms with Crippen molar-refractivity contribution in [2.45, 2.75) is 6.42 Å². The van der Waals surface area contributed by atoms with E-state index in [2.05, 4.69) is 15.5 Å². The number of benzene rings is 3. The van der Waals surface area contributed by atoms with Gasteiger partial charge in [0.1, 0.15) is 5.75 Å². The molecular formula is C23H18ClN3O3. The molecule has 0 saturated carbocycles. The molecule has 0 bridgehead atoms. The molecule has 0 saturated heterocycles. The van der Waals surface area contributed by atoms with Gasteiger partial charge >= 0.3 is 0 Å². The largest absolute Gasteiger partial charge is 0.484 e. The number of carbonyl (C=O) groups is 1. The van der Waals surface area contributed by atoms with E-state index in [1.54, 1.807) is 36.4 Å². The standard InChI is InChI=1S/C23H18ClN3O3/c24-19-11-4-5-12-20(19)25-21(28)15-29-18-10-6-9-17(14-18)23-26-22(30-27-23)13-16-7-2-1-3-8-16/h1-12,14H,13,15H2,(H,25,28). The third kappa shape index (κ3) is 5.04. The van der Waals surface area contributed by atoms with Crippen LogP contribution < -0.4 is 10.1 Å². The van der Waals surface area contributed by atoms with Crippen LogP contribution in [0.1, 0.15) is 11.5 Å². The van der Waals surface area contributed by atoms with Crippen LogP contribution in [0.3, 0.4) is 0 Å². The van der Waals surface area contributed by atoms with Gasteiger partial charge in [-0.05, 0) is 29.8 Å². The van der Waals surface area contributed by atoms with E-state index in [1.165, 1.54) is 0 Å². The summed E-state index contributed by atoms with van der Waals surface area (Å²) in [6.07, 6.45) is 0.562. The summed E-state index contributed by atoms with van der Waals surface area (Å²) in [5, 5.41) is 7.24. The third-order valence-electron chi connectivity index (χ3n) is 4.28. The summed E-state index contributed by atoms with van der Waals surface area (Å²) in [4.78, 5) is 16.6. The fraction of sp³-hybridized carbons (Fsp3) is 0.0870. The molecule has 0 fully saturated rings. The van der Waals surface area contributed by atoms with Crippen LogP contribution in [0.4, 0.5) is 5.69 Å². The Morgan fingerprint density at radius 2 is 1.80 bits per heavy atom. The van der Waals surface area contributed by atoms with Crippen LogP contribution in [0.15, 0.2) is 83.4 Å². The van der Waals surface area contributed by atoms with Gasteiger partial charge in [-0.1, -0.05) is 71.4 Å². The molecule has 0 unspecified atom stereocenters. The monoisotopic (exact) mass is 419 g/mol. The summed E-state index contributed by atoms with van der Waals surface area (Å²) in [5.41, 5.74) is 2.37. The summed E-state index contributed by atoms with van der Waals surface area (Å²) < 4.78 is 11.0. The minimum Gasteiger partial charge on any atom is -0.484 e. The van der Waals surface area contributed by atoms with Crippen molar-refractivity contribution in [1.82, 2.24) is 10.1 Å². The van der Waals surface area contributed by atoms with Crippen molar-refractivity contribution >= 4 is 23.2 Å². The van der Waals surface area contributed by atoms with Gasteiger partial charge in [-0.15, -0.1) is 0 Å². The van der Waals surface area contributed by atoms with E-state index in [1.807, 2.05) is 42.5 Å². The van der Waals surface area contributed by atoms with Crippen LogP contribution in [0.25, 0.3) is 11.4 Å². The van der Waals surface area contributed by atoms with Crippen molar-refractivity contribution in [3.05, 3.63) is 95.3 Å². The predicted molar refractivity (Wildman–Crippen MR) is 115 cm³/mol. The van der Waals surface area contributed by atoms with Crippen molar-refractivity contribution in [2.75, 3.05) is 11.9 Å². The van der Waals surface area contributed by atoms with Crippen LogP contribution in [0, 0.1) is 0 Å². The van der Waals surface area contributed by atoms with Gasteiger partial charge < -0.3 is 14.6 Å². The van der Waals surface area contributed by atoms with E-state index < -0.39 is 0 Å². The quantitative estimate of drug-likeness (QED) is 0.456.